The molecule has 0 saturated heterocycles. The highest BCUT2D eigenvalue weighted by molar-refractivity contribution is 7.91. The molecule has 1 aromatic heterocycles. The van der Waals surface area contributed by atoms with Gasteiger partial charge < -0.3 is 9.47 Å². The summed E-state index contributed by atoms with van der Waals surface area (Å²) < 4.78 is 38.9. The highest BCUT2D eigenvalue weighted by Gasteiger charge is 2.34. The van der Waals surface area contributed by atoms with Crippen molar-refractivity contribution in [2.24, 2.45) is 0 Å². The number of esters is 1. The second-order valence-corrected chi connectivity index (χ2v) is 9.62. The molecule has 0 saturated carbocycles. The molecule has 8 heteroatoms. The molecule has 1 heterocycles. The molecule has 0 aliphatic heterocycles. The number of hydrogen-bond donors (Lipinski definition) is 0. The fraction of sp³-hybridized carbons (Fsp3) is 0.273. The van der Waals surface area contributed by atoms with E-state index in [0.29, 0.717) is 5.75 Å². The van der Waals surface area contributed by atoms with Gasteiger partial charge in [-0.2, -0.15) is 5.10 Å². The topological polar surface area (TPSA) is 87.5 Å². The van der Waals surface area contributed by atoms with Crippen LogP contribution in [-0.4, -0.2) is 31.3 Å². The predicted octanol–water partition coefficient (Wildman–Crippen LogP) is 4.01. The molecule has 158 valence electrons. The number of ether oxygens (including phenoxy) is 2. The van der Waals surface area contributed by atoms with Crippen molar-refractivity contribution in [2.45, 2.75) is 43.0 Å². The Bertz CT molecular complexity index is 1160. The lowest BCUT2D eigenvalue weighted by atomic mass is 10.1. The molecule has 0 radical (unpaired) electrons. The van der Waals surface area contributed by atoms with Gasteiger partial charge in [0, 0.05) is 0 Å². The van der Waals surface area contributed by atoms with Gasteiger partial charge in [0.2, 0.25) is 15.7 Å². The fourth-order valence-corrected chi connectivity index (χ4v) is 4.48. The van der Waals surface area contributed by atoms with Gasteiger partial charge in [-0.1, -0.05) is 18.2 Å². The highest BCUT2D eigenvalue weighted by Crippen LogP contribution is 2.36. The minimum Gasteiger partial charge on any atom is -0.497 e. The van der Waals surface area contributed by atoms with E-state index in [1.807, 2.05) is 20.8 Å². The monoisotopic (exact) mass is 428 g/mol. The summed E-state index contributed by atoms with van der Waals surface area (Å²) in [5.41, 5.74) is -0.102. The number of carbonyl (C=O) groups excluding carboxylic acids is 1. The molecule has 0 aliphatic carbocycles. The number of aromatic nitrogens is 2. The summed E-state index contributed by atoms with van der Waals surface area (Å²) in [6.45, 7) is 7.14. The lowest BCUT2D eigenvalue weighted by molar-refractivity contribution is 0.0703. The third-order valence-corrected chi connectivity index (χ3v) is 6.34. The van der Waals surface area contributed by atoms with E-state index in [1.165, 1.54) is 23.9 Å². The molecule has 0 amide bonds. The number of hydrogen-bond acceptors (Lipinski definition) is 6. The molecule has 0 unspecified atom stereocenters. The van der Waals surface area contributed by atoms with Crippen molar-refractivity contribution in [2.75, 3.05) is 7.11 Å². The quantitative estimate of drug-likeness (QED) is 0.571. The van der Waals surface area contributed by atoms with E-state index < -0.39 is 21.3 Å². The van der Waals surface area contributed by atoms with E-state index in [2.05, 4.69) is 5.10 Å². The van der Waals surface area contributed by atoms with Crippen LogP contribution in [0.5, 0.6) is 11.6 Å². The molecule has 0 atom stereocenters. The molecule has 3 rings (SSSR count). The van der Waals surface area contributed by atoms with Crippen molar-refractivity contribution < 1.29 is 22.7 Å². The Kier molecular flexibility index (Phi) is 5.72. The molecule has 0 N–H and O–H groups in total. The van der Waals surface area contributed by atoms with E-state index in [4.69, 9.17) is 9.47 Å². The van der Waals surface area contributed by atoms with E-state index >= 15 is 0 Å². The molecule has 2 aromatic carbocycles. The van der Waals surface area contributed by atoms with E-state index in [0.717, 1.165) is 0 Å². The Hall–Kier alpha value is -3.13. The zero-order chi connectivity index (χ0) is 22.1. The molecule has 7 nitrogen and oxygen atoms in total. The summed E-state index contributed by atoms with van der Waals surface area (Å²) in [5.74, 6) is -0.202. The van der Waals surface area contributed by atoms with Gasteiger partial charge in [-0.15, -0.1) is 0 Å². The van der Waals surface area contributed by atoms with Gasteiger partial charge in [0.15, 0.2) is 4.90 Å². The minimum absolute atomic E-state index is 0.100. The standard InChI is InChI=1S/C22H24N2O5S/c1-15-19(30(26,27)18-9-7-6-8-10-18)20(24(23-15)22(2,3)4)29-21(25)16-11-13-17(28-5)14-12-16/h6-14H,1-5H3. The molecular formula is C22H24N2O5S. The predicted molar refractivity (Wildman–Crippen MR) is 112 cm³/mol. The van der Waals surface area contributed by atoms with E-state index in [9.17, 15) is 13.2 Å². The summed E-state index contributed by atoms with van der Waals surface area (Å²) in [6.07, 6.45) is 0. The van der Waals surface area contributed by atoms with E-state index in [-0.39, 0.29) is 26.9 Å². The molecule has 0 aliphatic rings. The maximum Gasteiger partial charge on any atom is 0.344 e. The van der Waals surface area contributed by atoms with Crippen molar-refractivity contribution in [1.29, 1.82) is 0 Å². The van der Waals surface area contributed by atoms with Crippen molar-refractivity contribution in [3.63, 3.8) is 0 Å². The zero-order valence-corrected chi connectivity index (χ0v) is 18.4. The summed E-state index contributed by atoms with van der Waals surface area (Å²) in [6, 6.07) is 14.4. The minimum atomic E-state index is -3.96. The maximum atomic E-state index is 13.4. The fourth-order valence-electron chi connectivity index (χ4n) is 2.94. The molecule has 3 aromatic rings. The average Bonchev–Trinajstić information content (AvgIpc) is 3.05. The van der Waals surface area contributed by atoms with Gasteiger partial charge >= 0.3 is 5.97 Å². The van der Waals surface area contributed by atoms with Gasteiger partial charge in [0.1, 0.15) is 5.75 Å². The molecule has 30 heavy (non-hydrogen) atoms. The number of sulfone groups is 1. The summed E-state index contributed by atoms with van der Waals surface area (Å²) >= 11 is 0. The van der Waals surface area contributed by atoms with Gasteiger partial charge in [-0.25, -0.2) is 17.9 Å². The maximum absolute atomic E-state index is 13.4. The highest BCUT2D eigenvalue weighted by atomic mass is 32.2. The van der Waals surface area contributed by atoms with Gasteiger partial charge in [-0.05, 0) is 64.1 Å². The van der Waals surface area contributed by atoms with Crippen LogP contribution in [-0.2, 0) is 15.4 Å². The van der Waals surface area contributed by atoms with Crippen LogP contribution in [0.3, 0.4) is 0 Å². The second-order valence-electron chi connectivity index (χ2n) is 7.74. The first-order valence-electron chi connectivity index (χ1n) is 9.32. The van der Waals surface area contributed by atoms with Crippen LogP contribution >= 0.6 is 0 Å². The lowest BCUT2D eigenvalue weighted by Crippen LogP contribution is -2.26. The largest absolute Gasteiger partial charge is 0.497 e. The number of methoxy groups -OCH3 is 1. The summed E-state index contributed by atoms with van der Waals surface area (Å²) in [7, 11) is -2.43. The van der Waals surface area contributed by atoms with Crippen molar-refractivity contribution >= 4 is 15.8 Å². The third kappa shape index (κ3) is 4.09. The van der Waals surface area contributed by atoms with Crippen LogP contribution in [0.4, 0.5) is 0 Å². The van der Waals surface area contributed by atoms with Crippen molar-refractivity contribution in [3.8, 4) is 11.6 Å². The molecule has 0 bridgehead atoms. The van der Waals surface area contributed by atoms with Crippen LogP contribution < -0.4 is 9.47 Å². The van der Waals surface area contributed by atoms with E-state index in [1.54, 1.807) is 49.4 Å². The normalized spacial score (nSPS) is 11.9. The molecule has 0 fully saturated rings. The Morgan fingerprint density at radius 3 is 2.13 bits per heavy atom. The lowest BCUT2D eigenvalue weighted by Gasteiger charge is -2.22. The number of benzene rings is 2. The SMILES string of the molecule is COc1ccc(C(=O)Oc2c(S(=O)(=O)c3ccccc3)c(C)nn2C(C)(C)C)cc1. The Morgan fingerprint density at radius 2 is 1.60 bits per heavy atom. The number of carbonyl (C=O) groups is 1. The molecular weight excluding hydrogens is 404 g/mol. The average molecular weight is 429 g/mol. The van der Waals surface area contributed by atoms with Crippen LogP contribution in [0.25, 0.3) is 0 Å². The van der Waals surface area contributed by atoms with Gasteiger partial charge in [0.05, 0.1) is 28.8 Å². The zero-order valence-electron chi connectivity index (χ0n) is 17.5. The third-order valence-electron chi connectivity index (χ3n) is 4.44. The number of nitrogens with zero attached hydrogens (tertiary/aromatic N) is 2. The van der Waals surface area contributed by atoms with Crippen LogP contribution in [0, 0.1) is 6.92 Å². The Morgan fingerprint density at radius 1 is 1.00 bits per heavy atom. The number of aryl methyl sites for hydroxylation is 1. The van der Waals surface area contributed by atoms with Crippen molar-refractivity contribution in [3.05, 3.63) is 65.9 Å². The first-order valence-corrected chi connectivity index (χ1v) is 10.8. The summed E-state index contributed by atoms with van der Waals surface area (Å²) in [5, 5.41) is 4.39. The smallest absolute Gasteiger partial charge is 0.344 e. The first kappa shape index (κ1) is 21.6. The number of rotatable bonds is 5. The van der Waals surface area contributed by atoms with Gasteiger partial charge in [-0.3, -0.25) is 0 Å². The van der Waals surface area contributed by atoms with Gasteiger partial charge in [0.25, 0.3) is 0 Å². The molecule has 0 spiro atoms. The Labute approximate surface area is 176 Å². The van der Waals surface area contributed by atoms with Crippen LogP contribution in [0.15, 0.2) is 64.4 Å². The summed E-state index contributed by atoms with van der Waals surface area (Å²) in [4.78, 5) is 12.8. The first-order chi connectivity index (χ1) is 14.1. The van der Waals surface area contributed by atoms with Crippen LogP contribution in [0.1, 0.15) is 36.8 Å². The van der Waals surface area contributed by atoms with Crippen LogP contribution in [0.2, 0.25) is 0 Å². The second kappa shape index (κ2) is 7.95. The van der Waals surface area contributed by atoms with Crippen molar-refractivity contribution in [1.82, 2.24) is 9.78 Å². The Balaban J connectivity index is 2.13.